The number of ether oxygens (including phenoxy) is 3. The third kappa shape index (κ3) is 12.1. The Labute approximate surface area is 306 Å². The zero-order valence-corrected chi connectivity index (χ0v) is 31.4. The van der Waals surface area contributed by atoms with E-state index in [4.69, 9.17) is 24.8 Å². The second-order valence-electron chi connectivity index (χ2n) is 13.3. The van der Waals surface area contributed by atoms with Crippen LogP contribution in [0.1, 0.15) is 46.1 Å². The van der Waals surface area contributed by atoms with Gasteiger partial charge in [-0.3, -0.25) is 14.4 Å². The summed E-state index contributed by atoms with van der Waals surface area (Å²) in [5.74, 6) is -2.01. The molecule has 4 N–H and O–H groups in total. The molecule has 282 valence electrons. The van der Waals surface area contributed by atoms with Crippen molar-refractivity contribution in [3.8, 4) is 0 Å². The van der Waals surface area contributed by atoms with Crippen LogP contribution < -0.4 is 16.4 Å². The van der Waals surface area contributed by atoms with Crippen LogP contribution in [0.4, 0.5) is 4.79 Å². The Morgan fingerprint density at radius 3 is 2.42 bits per heavy atom. The van der Waals surface area contributed by atoms with Gasteiger partial charge in [-0.2, -0.15) is 0 Å². The zero-order chi connectivity index (χ0) is 38.4. The molecule has 1 aliphatic carbocycles. The van der Waals surface area contributed by atoms with Gasteiger partial charge >= 0.3 is 6.09 Å². The Hall–Kier alpha value is -4.85. The first kappa shape index (κ1) is 41.6. The van der Waals surface area contributed by atoms with Crippen LogP contribution >= 0.6 is 0 Å². The van der Waals surface area contributed by atoms with E-state index in [0.29, 0.717) is 30.8 Å². The van der Waals surface area contributed by atoms with E-state index in [2.05, 4.69) is 15.8 Å². The summed E-state index contributed by atoms with van der Waals surface area (Å²) in [7, 11) is 6.86. The van der Waals surface area contributed by atoms with E-state index in [1.54, 1.807) is 33.1 Å². The van der Waals surface area contributed by atoms with Gasteiger partial charge in [0, 0.05) is 50.4 Å². The lowest BCUT2D eigenvalue weighted by atomic mass is 9.85. The lowest BCUT2D eigenvalue weighted by molar-refractivity contribution is -0.120. The van der Waals surface area contributed by atoms with E-state index >= 15 is 0 Å². The first-order valence-electron chi connectivity index (χ1n) is 17.3. The molecule has 0 unspecified atom stereocenters. The van der Waals surface area contributed by atoms with Crippen molar-refractivity contribution in [3.63, 3.8) is 0 Å². The van der Waals surface area contributed by atoms with Crippen LogP contribution in [0.15, 0.2) is 94.0 Å². The second kappa shape index (κ2) is 20.3. The van der Waals surface area contributed by atoms with Crippen LogP contribution in [0.5, 0.6) is 0 Å². The molecule has 52 heavy (non-hydrogen) atoms. The number of hydrogen-bond donors (Lipinski definition) is 3. The number of nitrogens with one attached hydrogen (secondary N) is 2. The van der Waals surface area contributed by atoms with Gasteiger partial charge < -0.3 is 40.3 Å². The number of allylic oxidation sites excluding steroid dienone is 5. The third-order valence-corrected chi connectivity index (χ3v) is 8.73. The Bertz CT molecular complexity index is 1630. The summed E-state index contributed by atoms with van der Waals surface area (Å²) < 4.78 is 17.2. The predicted molar refractivity (Wildman–Crippen MR) is 199 cm³/mol. The fourth-order valence-electron chi connectivity index (χ4n) is 5.93. The maximum atomic E-state index is 14.0. The molecule has 13 heteroatoms. The maximum Gasteiger partial charge on any atom is 0.405 e. The molecule has 2 bridgehead atoms. The number of fused-ring (bicyclic) bond motifs is 2. The quantitative estimate of drug-likeness (QED) is 0.182. The highest BCUT2D eigenvalue weighted by Crippen LogP contribution is 2.28. The standard InChI is InChI=1S/C39H53N5O8/c1-24-19-29-35(41-17-18-44(5)6)31(45)22-30(36(29)46)42-38(47)25(2)13-12-16-32(49-7)37(52-39(40)48)27(4)21-26(3)34(33(20-24)50-8)43-51-23-28-14-10-9-11-15-28/h9-16,21-22,24,26,32-33,37,41H,17-20,23H2,1-8H3,(H2,40,48)(H,42,47)/b16-12-,25-13+,27-21+,43-34+/t24-,26+,32+,33+,37+/m1/s1. The molecule has 1 aromatic rings. The van der Waals surface area contributed by atoms with Crippen molar-refractivity contribution >= 4 is 29.3 Å². The lowest BCUT2D eigenvalue weighted by Gasteiger charge is -2.27. The number of hydrogen-bond acceptors (Lipinski definition) is 11. The van der Waals surface area contributed by atoms with Gasteiger partial charge in [-0.1, -0.05) is 73.6 Å². The molecule has 1 heterocycles. The number of oxime groups is 1. The van der Waals surface area contributed by atoms with E-state index in [1.807, 2.05) is 69.3 Å². The minimum Gasteiger partial charge on any atom is -0.439 e. The van der Waals surface area contributed by atoms with E-state index < -0.39 is 47.8 Å². The molecule has 2 amide bonds. The number of primary amides is 1. The van der Waals surface area contributed by atoms with Crippen LogP contribution in [0.25, 0.3) is 0 Å². The molecule has 5 atom stereocenters. The van der Waals surface area contributed by atoms with Crippen molar-refractivity contribution in [2.24, 2.45) is 22.7 Å². The van der Waals surface area contributed by atoms with Gasteiger partial charge in [0.1, 0.15) is 12.7 Å². The number of nitrogens with zero attached hydrogens (tertiary/aromatic N) is 2. The average Bonchev–Trinajstić information content (AvgIpc) is 3.09. The summed E-state index contributed by atoms with van der Waals surface area (Å²) in [4.78, 5) is 60.5. The summed E-state index contributed by atoms with van der Waals surface area (Å²) in [6, 6.07) is 9.61. The molecule has 3 rings (SSSR count). The lowest BCUT2D eigenvalue weighted by Crippen LogP contribution is -2.38. The van der Waals surface area contributed by atoms with Crippen LogP contribution in [0, 0.1) is 11.8 Å². The van der Waals surface area contributed by atoms with Gasteiger partial charge in [-0.05, 0) is 57.8 Å². The van der Waals surface area contributed by atoms with Gasteiger partial charge in [-0.15, -0.1) is 0 Å². The summed E-state index contributed by atoms with van der Waals surface area (Å²) in [6.07, 6.45) is 5.11. The van der Waals surface area contributed by atoms with E-state index in [9.17, 15) is 19.2 Å². The maximum absolute atomic E-state index is 14.0. The van der Waals surface area contributed by atoms with Gasteiger partial charge in [-0.25, -0.2) is 4.79 Å². The first-order chi connectivity index (χ1) is 24.7. The number of methoxy groups -OCH3 is 2. The van der Waals surface area contributed by atoms with Crippen LogP contribution in [-0.4, -0.2) is 93.9 Å². The van der Waals surface area contributed by atoms with Crippen molar-refractivity contribution in [2.75, 3.05) is 41.4 Å². The number of carbonyl (C=O) groups is 4. The molecular weight excluding hydrogens is 666 g/mol. The van der Waals surface area contributed by atoms with Gasteiger partial charge in [0.15, 0.2) is 6.10 Å². The smallest absolute Gasteiger partial charge is 0.405 e. The molecule has 1 aliphatic heterocycles. The number of Topliss-reactive ketones (excluding diaryl/α,β-unsaturated/α-hetero) is 1. The number of amides is 2. The van der Waals surface area contributed by atoms with E-state index in [-0.39, 0.29) is 41.5 Å². The Balaban J connectivity index is 2.15. The highest BCUT2D eigenvalue weighted by atomic mass is 16.6. The molecule has 1 aromatic carbocycles. The number of ketones is 2. The SMILES string of the molecule is CO[C@H]1C[C@H](C)CC2=C(NCCN(C)C)C(=O)C=C(NC(=O)/C(C)=C/C=C\[C@H](OC)[C@@H](OC(N)=O)/C(C)=C/[C@H](C)/C1=N\OCc1ccccc1)C2=O. The molecule has 0 saturated heterocycles. The Morgan fingerprint density at radius 1 is 1.08 bits per heavy atom. The van der Waals surface area contributed by atoms with Crippen LogP contribution in [0.2, 0.25) is 0 Å². The zero-order valence-electron chi connectivity index (χ0n) is 31.4. The normalized spacial score (nSPS) is 27.2. The summed E-state index contributed by atoms with van der Waals surface area (Å²) >= 11 is 0. The molecule has 0 saturated carbocycles. The fourth-order valence-corrected chi connectivity index (χ4v) is 5.93. The summed E-state index contributed by atoms with van der Waals surface area (Å²) in [5.41, 5.74) is 8.23. The third-order valence-electron chi connectivity index (χ3n) is 8.73. The largest absolute Gasteiger partial charge is 0.439 e. The van der Waals surface area contributed by atoms with Gasteiger partial charge in [0.05, 0.1) is 23.2 Å². The number of likely N-dealkylation sites (N-methyl/N-ethyl adjacent to an activating group) is 1. The summed E-state index contributed by atoms with van der Waals surface area (Å²) in [5, 5.41) is 10.4. The molecular formula is C39H53N5O8. The van der Waals surface area contributed by atoms with Crippen molar-refractivity contribution in [3.05, 3.63) is 94.4 Å². The molecule has 2 aliphatic rings. The molecule has 0 spiro atoms. The fraction of sp³-hybridized carbons (Fsp3) is 0.462. The minimum absolute atomic E-state index is 0.108. The minimum atomic E-state index is -0.988. The first-order valence-corrected chi connectivity index (χ1v) is 17.3. The predicted octanol–water partition coefficient (Wildman–Crippen LogP) is 4.13. The topological polar surface area (TPSA) is 171 Å². The van der Waals surface area contributed by atoms with Crippen LogP contribution in [-0.2, 0) is 40.0 Å². The van der Waals surface area contributed by atoms with E-state index in [0.717, 1.165) is 11.6 Å². The van der Waals surface area contributed by atoms with Gasteiger partial charge in [0.25, 0.3) is 5.91 Å². The average molecular weight is 720 g/mol. The number of carbonyl (C=O) groups excluding carboxylic acids is 4. The Morgan fingerprint density at radius 2 is 1.79 bits per heavy atom. The molecule has 0 radical (unpaired) electrons. The van der Waals surface area contributed by atoms with Crippen LogP contribution in [0.3, 0.4) is 0 Å². The van der Waals surface area contributed by atoms with Crippen molar-refractivity contribution in [1.29, 1.82) is 0 Å². The van der Waals surface area contributed by atoms with Crippen molar-refractivity contribution < 1.29 is 38.2 Å². The number of benzene rings is 1. The van der Waals surface area contributed by atoms with Crippen molar-refractivity contribution in [2.45, 2.75) is 65.5 Å². The Kier molecular flexibility index (Phi) is 16.2. The monoisotopic (exact) mass is 719 g/mol. The second-order valence-corrected chi connectivity index (χ2v) is 13.3. The van der Waals surface area contributed by atoms with Crippen molar-refractivity contribution in [1.82, 2.24) is 15.5 Å². The highest BCUT2D eigenvalue weighted by molar-refractivity contribution is 6.23. The summed E-state index contributed by atoms with van der Waals surface area (Å²) in [6.45, 7) is 8.53. The molecule has 0 fully saturated rings. The number of rotatable bonds is 10. The molecule has 0 aromatic heterocycles. The number of nitrogens with two attached hydrogens (primary N) is 1. The highest BCUT2D eigenvalue weighted by Gasteiger charge is 2.33. The van der Waals surface area contributed by atoms with Gasteiger partial charge in [0.2, 0.25) is 11.6 Å². The van der Waals surface area contributed by atoms with E-state index in [1.165, 1.54) is 13.2 Å². The molecule has 13 nitrogen and oxygen atoms in total.